The summed E-state index contributed by atoms with van der Waals surface area (Å²) in [7, 11) is 2.64. The number of carbonyl (C=O) groups is 6. The molecule has 4 amide bonds. The summed E-state index contributed by atoms with van der Waals surface area (Å²) in [5.41, 5.74) is 1.20. The maximum absolute atomic E-state index is 13.5. The van der Waals surface area contributed by atoms with Gasteiger partial charge in [-0.25, -0.2) is 0 Å². The first kappa shape index (κ1) is 74.4. The third-order valence-corrected chi connectivity index (χ3v) is 16.3. The summed E-state index contributed by atoms with van der Waals surface area (Å²) in [5, 5.41) is 67.2. The molecule has 0 aliphatic carbocycles. The molecular weight excluding hydrogens is 1290 g/mol. The molecule has 4 aromatic carbocycles. The lowest BCUT2D eigenvalue weighted by molar-refractivity contribution is -0.385. The van der Waals surface area contributed by atoms with E-state index in [1.165, 1.54) is 84.1 Å². The van der Waals surface area contributed by atoms with Crippen molar-refractivity contribution >= 4 is 58.3 Å². The lowest BCUT2D eigenvalue weighted by atomic mass is 10.1. The minimum atomic E-state index is -0.710. The van der Waals surface area contributed by atoms with E-state index in [0.29, 0.717) is 42.4 Å². The Kier molecular flexibility index (Phi) is 25.1. The number of benzene rings is 4. The van der Waals surface area contributed by atoms with Gasteiger partial charge in [0.15, 0.2) is 23.0 Å². The fourth-order valence-corrected chi connectivity index (χ4v) is 11.6. The maximum Gasteiger partial charge on any atom is 0.302 e. The Hall–Kier alpha value is -11.0. The average molecular weight is 1370 g/mol. The van der Waals surface area contributed by atoms with Crippen molar-refractivity contribution < 1.29 is 96.6 Å². The molecule has 4 aromatic rings. The molecule has 0 spiro atoms. The predicted octanol–water partition coefficient (Wildman–Crippen LogP) is 7.53. The van der Waals surface area contributed by atoms with Gasteiger partial charge in [0.2, 0.25) is 0 Å². The molecule has 524 valence electrons. The molecule has 32 nitrogen and oxygen atoms in total. The zero-order valence-corrected chi connectivity index (χ0v) is 54.9. The zero-order chi connectivity index (χ0) is 72.0. The quantitative estimate of drug-likeness (QED) is 0.0182. The Labute approximate surface area is 561 Å². The maximum atomic E-state index is 13.5. The van der Waals surface area contributed by atoms with Crippen molar-refractivity contribution in [2.24, 2.45) is 0 Å². The van der Waals surface area contributed by atoms with Crippen LogP contribution in [0.3, 0.4) is 0 Å². The minimum absolute atomic E-state index is 0.000621. The first-order chi connectivity index (χ1) is 46.5. The van der Waals surface area contributed by atoms with E-state index in [1.807, 2.05) is 0 Å². The molecule has 0 bridgehead atoms. The van der Waals surface area contributed by atoms with E-state index in [4.69, 9.17) is 37.9 Å². The Morgan fingerprint density at radius 1 is 0.429 bits per heavy atom. The molecule has 4 fully saturated rings. The lowest BCUT2D eigenvalue weighted by Gasteiger charge is -2.24. The number of methoxy groups -OCH3 is 2. The van der Waals surface area contributed by atoms with Gasteiger partial charge in [-0.15, -0.1) is 0 Å². The van der Waals surface area contributed by atoms with E-state index in [0.717, 1.165) is 28.9 Å². The minimum Gasteiger partial charge on any atom is -0.493 e. The van der Waals surface area contributed by atoms with Crippen LogP contribution >= 0.6 is 0 Å². The molecule has 4 aliphatic rings. The van der Waals surface area contributed by atoms with Crippen molar-refractivity contribution in [1.82, 2.24) is 19.6 Å². The number of aryl methyl sites for hydroxylation is 2. The topological polar surface area (TPSA) is 402 Å². The Balaban J connectivity index is 0.000000278. The van der Waals surface area contributed by atoms with Crippen LogP contribution in [0.1, 0.15) is 105 Å². The van der Waals surface area contributed by atoms with Gasteiger partial charge in [0.1, 0.15) is 47.0 Å². The number of ether oxygens (including phenoxy) is 8. The van der Waals surface area contributed by atoms with Crippen molar-refractivity contribution in [3.05, 3.63) is 171 Å². The van der Waals surface area contributed by atoms with Gasteiger partial charge in [0, 0.05) is 65.0 Å². The Morgan fingerprint density at radius 2 is 0.684 bits per heavy atom. The Morgan fingerprint density at radius 3 is 0.949 bits per heavy atom. The number of nitrogens with zero attached hydrogens (tertiary/aromatic N) is 8. The number of aliphatic hydroxyl groups is 2. The summed E-state index contributed by atoms with van der Waals surface area (Å²) >= 11 is 0. The number of rotatable bonds is 28. The van der Waals surface area contributed by atoms with E-state index in [-0.39, 0.29) is 149 Å². The van der Waals surface area contributed by atoms with Crippen LogP contribution in [-0.4, -0.2) is 202 Å². The monoisotopic (exact) mass is 1360 g/mol. The van der Waals surface area contributed by atoms with Crippen molar-refractivity contribution in [1.29, 1.82) is 0 Å². The number of nitro groups is 4. The van der Waals surface area contributed by atoms with Crippen LogP contribution in [0, 0.1) is 54.3 Å². The number of likely N-dealkylation sites (tertiary alicyclic amines) is 4. The van der Waals surface area contributed by atoms with Crippen LogP contribution in [0.25, 0.3) is 0 Å². The molecule has 0 saturated carbocycles. The van der Waals surface area contributed by atoms with Gasteiger partial charge in [-0.05, 0) is 62.8 Å². The number of esters is 2. The van der Waals surface area contributed by atoms with Crippen molar-refractivity contribution in [3.8, 4) is 34.5 Å². The lowest BCUT2D eigenvalue weighted by Crippen LogP contribution is -2.39. The number of carbonyl (C=O) groups excluding carboxylic acids is 6. The highest BCUT2D eigenvalue weighted by atomic mass is 16.6. The van der Waals surface area contributed by atoms with Crippen LogP contribution < -0.4 is 28.4 Å². The highest BCUT2D eigenvalue weighted by Crippen LogP contribution is 2.40. The molecule has 2 N–H and O–H groups in total. The molecule has 4 aliphatic heterocycles. The molecule has 0 aromatic heterocycles. The molecular formula is C66H76N8O24. The van der Waals surface area contributed by atoms with Gasteiger partial charge in [0.05, 0.1) is 122 Å². The van der Waals surface area contributed by atoms with E-state index in [9.17, 15) is 79.4 Å². The largest absolute Gasteiger partial charge is 0.493 e. The first-order valence-corrected chi connectivity index (χ1v) is 30.7. The number of hydrogen-bond donors (Lipinski definition) is 2. The Bertz CT molecular complexity index is 3870. The average Bonchev–Trinajstić information content (AvgIpc) is 1.37. The van der Waals surface area contributed by atoms with E-state index < -0.39 is 102 Å². The van der Waals surface area contributed by atoms with Gasteiger partial charge in [-0.2, -0.15) is 0 Å². The van der Waals surface area contributed by atoms with Crippen LogP contribution in [-0.2, 0) is 19.1 Å². The molecule has 4 atom stereocenters. The summed E-state index contributed by atoms with van der Waals surface area (Å²) < 4.78 is 43.9. The fraction of sp³-hybridized carbons (Fsp3) is 0.424. The van der Waals surface area contributed by atoms with Crippen molar-refractivity contribution in [3.63, 3.8) is 0 Å². The molecule has 4 saturated heterocycles. The van der Waals surface area contributed by atoms with E-state index >= 15 is 0 Å². The fourth-order valence-electron chi connectivity index (χ4n) is 11.6. The van der Waals surface area contributed by atoms with Crippen LogP contribution in [0.5, 0.6) is 34.5 Å². The molecule has 0 unspecified atom stereocenters. The van der Waals surface area contributed by atoms with Crippen LogP contribution in [0.4, 0.5) is 22.7 Å². The molecule has 8 rings (SSSR count). The smallest absolute Gasteiger partial charge is 0.302 e. The van der Waals surface area contributed by atoms with Crippen LogP contribution in [0.15, 0.2) is 97.1 Å². The number of hydrogen-bond acceptors (Lipinski definition) is 24. The van der Waals surface area contributed by atoms with E-state index in [1.54, 1.807) is 13.8 Å². The second-order valence-corrected chi connectivity index (χ2v) is 23.6. The number of aliphatic hydroxyl groups excluding tert-OH is 2. The first-order valence-electron chi connectivity index (χ1n) is 30.7. The van der Waals surface area contributed by atoms with Gasteiger partial charge >= 0.3 is 11.9 Å². The highest BCUT2D eigenvalue weighted by Gasteiger charge is 2.40. The molecule has 32 heteroatoms. The summed E-state index contributed by atoms with van der Waals surface area (Å²) in [6.07, 6.45) is 2.06. The number of nitro benzene ring substituents is 4. The van der Waals surface area contributed by atoms with Crippen molar-refractivity contribution in [2.75, 3.05) is 93.3 Å². The van der Waals surface area contributed by atoms with Crippen molar-refractivity contribution in [2.45, 2.75) is 90.4 Å². The number of amides is 4. The molecule has 0 radical (unpaired) electrons. The van der Waals surface area contributed by atoms with Crippen LogP contribution in [0.2, 0.25) is 0 Å². The summed E-state index contributed by atoms with van der Waals surface area (Å²) in [6.45, 7) is 21.3. The normalized spacial score (nSPS) is 17.2. The SMILES string of the molecule is C=C1C[C@@H](CO)N(C(=O)c2cc(C)c(OCCCOc3cc([N+](=O)[O-])c(C(=O)N4CC(=C)C[C@H]4CO)cc3OC)cc2[N+](=O)[O-])C1.C=C1C[C@@H](COC(C)=O)N(C(=O)c2cc(C)c(OCCCOc3cc([N+](=O)[O-])c(C(=O)N4CC(=C)C[C@H]4COC(C)=O)cc3OC)cc2[N+](=O)[O-])C1. The van der Waals surface area contributed by atoms with Gasteiger partial charge in [0.25, 0.3) is 46.4 Å². The standard InChI is InChI=1S/C35H40N4O13.C31H36N4O11/c1-20-10-25(18-51-23(4)40)36(16-20)34(42)27-12-22(3)31(14-29(27)38(44)45)49-8-7-9-50-33-15-30(39(46)47)28(13-32(33)48-6)35(43)37-17-21(2)11-26(37)19-52-24(5)41;1-18-8-21(16-36)32(14-18)30(38)23-10-20(3)27(12-25(23)34(40)41)45-6-5-7-46-29-13-26(35(42)43)24(11-28(29)44-4)31(39)33-15-19(2)9-22(33)17-37/h12-15,25-26H,1-2,7-11,16-19H2,3-6H3;10-13,21-22,36-37H,1-2,5-9,14-17H2,3-4H3/t25-,26-;21-,22-/m00/s1. The second-order valence-electron chi connectivity index (χ2n) is 23.6. The summed E-state index contributed by atoms with van der Waals surface area (Å²) in [6, 6.07) is 7.67. The third kappa shape index (κ3) is 17.9. The van der Waals surface area contributed by atoms with Gasteiger partial charge < -0.3 is 67.7 Å². The predicted molar refractivity (Wildman–Crippen MR) is 348 cm³/mol. The molecule has 98 heavy (non-hydrogen) atoms. The summed E-state index contributed by atoms with van der Waals surface area (Å²) in [4.78, 5) is 127. The highest BCUT2D eigenvalue weighted by molar-refractivity contribution is 6.02. The molecule has 4 heterocycles. The zero-order valence-electron chi connectivity index (χ0n) is 54.9. The van der Waals surface area contributed by atoms with Gasteiger partial charge in [-0.1, -0.05) is 48.6 Å². The third-order valence-electron chi connectivity index (χ3n) is 16.3. The van der Waals surface area contributed by atoms with Gasteiger partial charge in [-0.3, -0.25) is 69.2 Å². The second kappa shape index (κ2) is 33.1. The summed E-state index contributed by atoms with van der Waals surface area (Å²) in [5.74, 6) is -2.99. The van der Waals surface area contributed by atoms with E-state index in [2.05, 4.69) is 26.3 Å².